The van der Waals surface area contributed by atoms with Gasteiger partial charge in [0, 0.05) is 0 Å². The SMILES string of the molecule is CCCCCCCCCCC(C)c1ccccc1C. The van der Waals surface area contributed by atoms with Crippen LogP contribution in [0.15, 0.2) is 24.3 Å². The second kappa shape index (κ2) is 10.1. The average molecular weight is 260 g/mol. The fourth-order valence-corrected chi connectivity index (χ4v) is 2.88. The lowest BCUT2D eigenvalue weighted by molar-refractivity contribution is 0.543. The third-order valence-electron chi connectivity index (χ3n) is 4.21. The molecule has 19 heavy (non-hydrogen) atoms. The minimum absolute atomic E-state index is 0.723. The van der Waals surface area contributed by atoms with Gasteiger partial charge >= 0.3 is 0 Å². The molecule has 108 valence electrons. The molecule has 1 aromatic rings. The van der Waals surface area contributed by atoms with Gasteiger partial charge in [0.25, 0.3) is 0 Å². The van der Waals surface area contributed by atoms with E-state index in [-0.39, 0.29) is 0 Å². The third kappa shape index (κ3) is 6.80. The molecule has 0 amide bonds. The molecule has 0 saturated carbocycles. The van der Waals surface area contributed by atoms with Gasteiger partial charge in [-0.2, -0.15) is 0 Å². The number of hydrogen-bond acceptors (Lipinski definition) is 0. The van der Waals surface area contributed by atoms with Crippen LogP contribution >= 0.6 is 0 Å². The topological polar surface area (TPSA) is 0 Å². The van der Waals surface area contributed by atoms with Crippen molar-refractivity contribution in [3.63, 3.8) is 0 Å². The van der Waals surface area contributed by atoms with E-state index in [1.54, 1.807) is 5.56 Å². The zero-order chi connectivity index (χ0) is 13.9. The maximum absolute atomic E-state index is 2.38. The van der Waals surface area contributed by atoms with Crippen LogP contribution in [0.5, 0.6) is 0 Å². The van der Waals surface area contributed by atoms with Gasteiger partial charge in [-0.15, -0.1) is 0 Å². The van der Waals surface area contributed by atoms with E-state index in [9.17, 15) is 0 Å². The van der Waals surface area contributed by atoms with E-state index in [2.05, 4.69) is 45.0 Å². The summed E-state index contributed by atoms with van der Waals surface area (Å²) < 4.78 is 0. The van der Waals surface area contributed by atoms with Crippen LogP contribution in [0.4, 0.5) is 0 Å². The standard InChI is InChI=1S/C19H32/c1-4-5-6-7-8-9-10-11-14-17(2)19-16-13-12-15-18(19)3/h12-13,15-17H,4-11,14H2,1-3H3. The monoisotopic (exact) mass is 260 g/mol. The van der Waals surface area contributed by atoms with Gasteiger partial charge < -0.3 is 0 Å². The van der Waals surface area contributed by atoms with Crippen molar-refractivity contribution in [2.75, 3.05) is 0 Å². The van der Waals surface area contributed by atoms with E-state index < -0.39 is 0 Å². The van der Waals surface area contributed by atoms with Gasteiger partial charge in [-0.05, 0) is 30.4 Å². The summed E-state index contributed by atoms with van der Waals surface area (Å²) in [7, 11) is 0. The fourth-order valence-electron chi connectivity index (χ4n) is 2.88. The van der Waals surface area contributed by atoms with E-state index in [1.807, 2.05) is 0 Å². The highest BCUT2D eigenvalue weighted by atomic mass is 14.1. The first-order valence-corrected chi connectivity index (χ1v) is 8.31. The van der Waals surface area contributed by atoms with Crippen molar-refractivity contribution >= 4 is 0 Å². The number of rotatable bonds is 10. The Bertz CT molecular complexity index is 327. The summed E-state index contributed by atoms with van der Waals surface area (Å²) in [6.07, 6.45) is 12.7. The van der Waals surface area contributed by atoms with Gasteiger partial charge in [0.15, 0.2) is 0 Å². The normalized spacial score (nSPS) is 12.6. The molecule has 0 fully saturated rings. The lowest BCUT2D eigenvalue weighted by Crippen LogP contribution is -1.96. The highest BCUT2D eigenvalue weighted by Gasteiger charge is 2.07. The second-order valence-corrected chi connectivity index (χ2v) is 6.02. The molecule has 1 aromatic carbocycles. The van der Waals surface area contributed by atoms with Gasteiger partial charge in [-0.3, -0.25) is 0 Å². The lowest BCUT2D eigenvalue weighted by atomic mass is 9.91. The first kappa shape index (κ1) is 16.3. The quantitative estimate of drug-likeness (QED) is 0.414. The van der Waals surface area contributed by atoms with Gasteiger partial charge in [-0.1, -0.05) is 89.5 Å². The van der Waals surface area contributed by atoms with Crippen LogP contribution in [0.1, 0.15) is 88.7 Å². The Kier molecular flexibility index (Phi) is 8.62. The molecule has 1 unspecified atom stereocenters. The Morgan fingerprint density at radius 1 is 0.842 bits per heavy atom. The summed E-state index contributed by atoms with van der Waals surface area (Å²) in [5, 5.41) is 0. The number of unbranched alkanes of at least 4 members (excludes halogenated alkanes) is 7. The summed E-state index contributed by atoms with van der Waals surface area (Å²) in [5.74, 6) is 0.723. The molecule has 0 heteroatoms. The first-order valence-electron chi connectivity index (χ1n) is 8.31. The Balaban J connectivity index is 2.08. The van der Waals surface area contributed by atoms with Crippen molar-refractivity contribution in [1.82, 2.24) is 0 Å². The Labute approximate surface area is 120 Å². The Morgan fingerprint density at radius 3 is 2.05 bits per heavy atom. The number of benzene rings is 1. The molecule has 0 saturated heterocycles. The summed E-state index contributed by atoms with van der Waals surface area (Å²) in [4.78, 5) is 0. The number of aryl methyl sites for hydroxylation is 1. The molecule has 1 rings (SSSR count). The fraction of sp³-hybridized carbons (Fsp3) is 0.684. The summed E-state index contributed by atoms with van der Waals surface area (Å²) >= 11 is 0. The van der Waals surface area contributed by atoms with Crippen molar-refractivity contribution in [3.8, 4) is 0 Å². The molecule has 0 spiro atoms. The van der Waals surface area contributed by atoms with Crippen LogP contribution in [-0.2, 0) is 0 Å². The maximum Gasteiger partial charge on any atom is -0.0188 e. The van der Waals surface area contributed by atoms with E-state index in [0.29, 0.717) is 0 Å². The minimum atomic E-state index is 0.723. The molecule has 0 bridgehead atoms. The van der Waals surface area contributed by atoms with E-state index >= 15 is 0 Å². The molecule has 0 nitrogen and oxygen atoms in total. The van der Waals surface area contributed by atoms with Crippen molar-refractivity contribution in [3.05, 3.63) is 35.4 Å². The van der Waals surface area contributed by atoms with Crippen molar-refractivity contribution in [2.45, 2.75) is 84.5 Å². The van der Waals surface area contributed by atoms with Gasteiger partial charge in [0.2, 0.25) is 0 Å². The summed E-state index contributed by atoms with van der Waals surface area (Å²) in [6, 6.07) is 8.85. The Morgan fingerprint density at radius 2 is 1.42 bits per heavy atom. The summed E-state index contributed by atoms with van der Waals surface area (Å²) in [5.41, 5.74) is 3.00. The van der Waals surface area contributed by atoms with Crippen molar-refractivity contribution in [1.29, 1.82) is 0 Å². The molecular weight excluding hydrogens is 228 g/mol. The van der Waals surface area contributed by atoms with Gasteiger partial charge in [0.1, 0.15) is 0 Å². The van der Waals surface area contributed by atoms with E-state index in [0.717, 1.165) is 5.92 Å². The predicted octanol–water partition coefficient (Wildman–Crippen LogP) is 6.63. The number of hydrogen-bond donors (Lipinski definition) is 0. The van der Waals surface area contributed by atoms with Gasteiger partial charge in [0.05, 0.1) is 0 Å². The van der Waals surface area contributed by atoms with E-state index in [4.69, 9.17) is 0 Å². The van der Waals surface area contributed by atoms with Crippen LogP contribution in [0.2, 0.25) is 0 Å². The molecule has 0 heterocycles. The van der Waals surface area contributed by atoms with E-state index in [1.165, 1.54) is 63.4 Å². The second-order valence-electron chi connectivity index (χ2n) is 6.02. The molecule has 0 aliphatic carbocycles. The van der Waals surface area contributed by atoms with Crippen LogP contribution in [0.25, 0.3) is 0 Å². The first-order chi connectivity index (χ1) is 9.25. The molecule has 0 N–H and O–H groups in total. The van der Waals surface area contributed by atoms with Crippen LogP contribution < -0.4 is 0 Å². The zero-order valence-electron chi connectivity index (χ0n) is 13.3. The molecule has 1 atom stereocenters. The smallest absolute Gasteiger partial charge is 0.0188 e. The lowest BCUT2D eigenvalue weighted by Gasteiger charge is -2.14. The average Bonchev–Trinajstić information content (AvgIpc) is 2.42. The van der Waals surface area contributed by atoms with Crippen LogP contribution in [0, 0.1) is 6.92 Å². The Hall–Kier alpha value is -0.780. The largest absolute Gasteiger partial charge is 0.0654 e. The van der Waals surface area contributed by atoms with Crippen molar-refractivity contribution in [2.24, 2.45) is 0 Å². The predicted molar refractivity (Wildman–Crippen MR) is 86.8 cm³/mol. The van der Waals surface area contributed by atoms with Crippen molar-refractivity contribution < 1.29 is 0 Å². The zero-order valence-corrected chi connectivity index (χ0v) is 13.3. The van der Waals surface area contributed by atoms with Crippen LogP contribution in [0.3, 0.4) is 0 Å². The molecule has 0 aromatic heterocycles. The highest BCUT2D eigenvalue weighted by molar-refractivity contribution is 5.28. The molecule has 0 aliphatic rings. The van der Waals surface area contributed by atoms with Gasteiger partial charge in [-0.25, -0.2) is 0 Å². The highest BCUT2D eigenvalue weighted by Crippen LogP contribution is 2.24. The maximum atomic E-state index is 2.38. The third-order valence-corrected chi connectivity index (χ3v) is 4.21. The van der Waals surface area contributed by atoms with Crippen LogP contribution in [-0.4, -0.2) is 0 Å². The molecular formula is C19H32. The molecule has 0 aliphatic heterocycles. The molecule has 0 radical (unpaired) electrons. The minimum Gasteiger partial charge on any atom is -0.0654 e. The summed E-state index contributed by atoms with van der Waals surface area (Å²) in [6.45, 7) is 6.90.